The average Bonchev–Trinajstić information content (AvgIpc) is 2.79. The van der Waals surface area contributed by atoms with Gasteiger partial charge in [0.05, 0.1) is 28.6 Å². The Hall–Kier alpha value is -4.18. The Bertz CT molecular complexity index is 1560. The molecule has 33 heavy (non-hydrogen) atoms. The topological polar surface area (TPSA) is 144 Å². The summed E-state index contributed by atoms with van der Waals surface area (Å²) in [5.41, 5.74) is 6.70. The highest BCUT2D eigenvalue weighted by Crippen LogP contribution is 2.30. The normalized spacial score (nSPS) is 11.3. The van der Waals surface area contributed by atoms with E-state index < -0.39 is 15.9 Å². The molecule has 4 rings (SSSR count). The van der Waals surface area contributed by atoms with Crippen molar-refractivity contribution >= 4 is 32.4 Å². The standard InChI is InChI=1S/C23H20N4O5S/c1-13-7-8-14(21-16-5-3-4-6-17(16)23(29)26-25-21)11-20(13)33(30,31)27-15-9-10-19(32-2)18(12-15)22(24)28/h3-12,27H,1-2H3,(H2,24,28)(H,26,29). The summed E-state index contributed by atoms with van der Waals surface area (Å²) in [6.07, 6.45) is 0. The minimum Gasteiger partial charge on any atom is -0.496 e. The van der Waals surface area contributed by atoms with Gasteiger partial charge in [-0.15, -0.1) is 0 Å². The summed E-state index contributed by atoms with van der Waals surface area (Å²) in [4.78, 5) is 23.8. The minimum absolute atomic E-state index is 0.0218. The van der Waals surface area contributed by atoms with Crippen LogP contribution in [0.15, 0.2) is 70.4 Å². The fraction of sp³-hybridized carbons (Fsp3) is 0.0870. The van der Waals surface area contributed by atoms with Crippen LogP contribution in [0.5, 0.6) is 5.75 Å². The Morgan fingerprint density at radius 3 is 2.48 bits per heavy atom. The van der Waals surface area contributed by atoms with E-state index in [9.17, 15) is 18.0 Å². The largest absolute Gasteiger partial charge is 0.496 e. The first-order valence-corrected chi connectivity index (χ1v) is 11.3. The zero-order chi connectivity index (χ0) is 23.8. The van der Waals surface area contributed by atoms with E-state index in [1.807, 2.05) is 0 Å². The molecule has 10 heteroatoms. The third kappa shape index (κ3) is 4.15. The molecule has 1 amide bonds. The Kier molecular flexibility index (Phi) is 5.60. The van der Waals surface area contributed by atoms with Crippen molar-refractivity contribution in [2.45, 2.75) is 11.8 Å². The predicted octanol–water partition coefficient (Wildman–Crippen LogP) is 2.81. The molecule has 0 aliphatic carbocycles. The lowest BCUT2D eigenvalue weighted by atomic mass is 10.0. The summed E-state index contributed by atoms with van der Waals surface area (Å²) in [6.45, 7) is 1.67. The van der Waals surface area contributed by atoms with Crippen molar-refractivity contribution in [3.63, 3.8) is 0 Å². The van der Waals surface area contributed by atoms with Crippen LogP contribution in [0.4, 0.5) is 5.69 Å². The number of hydrogen-bond donors (Lipinski definition) is 3. The van der Waals surface area contributed by atoms with Crippen LogP contribution < -0.4 is 20.8 Å². The number of anilines is 1. The number of nitrogens with one attached hydrogen (secondary N) is 2. The molecule has 1 heterocycles. The van der Waals surface area contributed by atoms with Crippen molar-refractivity contribution < 1.29 is 17.9 Å². The molecule has 1 aromatic heterocycles. The lowest BCUT2D eigenvalue weighted by Gasteiger charge is -2.14. The highest BCUT2D eigenvalue weighted by molar-refractivity contribution is 7.92. The number of amides is 1. The molecule has 4 aromatic rings. The van der Waals surface area contributed by atoms with E-state index in [2.05, 4.69) is 14.9 Å². The predicted molar refractivity (Wildman–Crippen MR) is 125 cm³/mol. The summed E-state index contributed by atoms with van der Waals surface area (Å²) in [5, 5.41) is 7.65. The smallest absolute Gasteiger partial charge is 0.272 e. The van der Waals surface area contributed by atoms with Crippen LogP contribution in [0, 0.1) is 6.92 Å². The van der Waals surface area contributed by atoms with Crippen molar-refractivity contribution in [3.05, 3.63) is 82.1 Å². The van der Waals surface area contributed by atoms with Crippen LogP contribution in [0.1, 0.15) is 15.9 Å². The van der Waals surface area contributed by atoms with Crippen molar-refractivity contribution in [1.29, 1.82) is 0 Å². The fourth-order valence-corrected chi connectivity index (χ4v) is 4.87. The van der Waals surface area contributed by atoms with Gasteiger partial charge in [0.15, 0.2) is 0 Å². The average molecular weight is 465 g/mol. The fourth-order valence-electron chi connectivity index (χ4n) is 3.55. The van der Waals surface area contributed by atoms with E-state index in [0.717, 1.165) is 0 Å². The van der Waals surface area contributed by atoms with E-state index >= 15 is 0 Å². The summed E-state index contributed by atoms with van der Waals surface area (Å²) < 4.78 is 34.0. The first-order chi connectivity index (χ1) is 15.7. The molecule has 3 aromatic carbocycles. The molecule has 0 atom stereocenters. The number of sulfonamides is 1. The molecule has 0 saturated carbocycles. The van der Waals surface area contributed by atoms with Crippen molar-refractivity contribution in [2.75, 3.05) is 11.8 Å². The Morgan fingerprint density at radius 1 is 1.06 bits per heavy atom. The number of benzene rings is 3. The van der Waals surface area contributed by atoms with Crippen LogP contribution in [-0.4, -0.2) is 31.6 Å². The maximum Gasteiger partial charge on any atom is 0.272 e. The first kappa shape index (κ1) is 22.0. The van der Waals surface area contributed by atoms with Crippen LogP contribution in [0.2, 0.25) is 0 Å². The van der Waals surface area contributed by atoms with E-state index in [0.29, 0.717) is 27.6 Å². The monoisotopic (exact) mass is 464 g/mol. The van der Waals surface area contributed by atoms with E-state index in [-0.39, 0.29) is 27.5 Å². The van der Waals surface area contributed by atoms with Crippen LogP contribution in [0.3, 0.4) is 0 Å². The number of hydrogen-bond acceptors (Lipinski definition) is 6. The van der Waals surface area contributed by atoms with E-state index in [4.69, 9.17) is 10.5 Å². The number of H-pyrrole nitrogens is 1. The quantitative estimate of drug-likeness (QED) is 0.400. The van der Waals surface area contributed by atoms with E-state index in [1.165, 1.54) is 31.4 Å². The zero-order valence-electron chi connectivity index (χ0n) is 17.7. The van der Waals surface area contributed by atoms with Gasteiger partial charge >= 0.3 is 0 Å². The van der Waals surface area contributed by atoms with Crippen LogP contribution in [0.25, 0.3) is 22.0 Å². The van der Waals surface area contributed by atoms with E-state index in [1.54, 1.807) is 43.3 Å². The van der Waals surface area contributed by atoms with Crippen LogP contribution >= 0.6 is 0 Å². The second-order valence-electron chi connectivity index (χ2n) is 7.31. The van der Waals surface area contributed by atoms with Gasteiger partial charge in [0, 0.05) is 16.6 Å². The number of aromatic amines is 1. The third-order valence-corrected chi connectivity index (χ3v) is 6.69. The number of carbonyl (C=O) groups excluding carboxylic acids is 1. The Balaban J connectivity index is 1.79. The number of aryl methyl sites for hydroxylation is 1. The number of nitrogens with zero attached hydrogens (tertiary/aromatic N) is 1. The van der Waals surface area contributed by atoms with Gasteiger partial charge in [0.1, 0.15) is 5.75 Å². The van der Waals surface area contributed by atoms with Gasteiger partial charge in [-0.3, -0.25) is 14.3 Å². The van der Waals surface area contributed by atoms with Gasteiger partial charge in [-0.2, -0.15) is 5.10 Å². The lowest BCUT2D eigenvalue weighted by Crippen LogP contribution is -2.17. The van der Waals surface area contributed by atoms with Crippen molar-refractivity contribution in [2.24, 2.45) is 5.73 Å². The summed E-state index contributed by atoms with van der Waals surface area (Å²) >= 11 is 0. The molecule has 0 saturated heterocycles. The molecular formula is C23H20N4O5S. The second kappa shape index (κ2) is 8.40. The molecule has 0 aliphatic heterocycles. The molecule has 0 spiro atoms. The van der Waals surface area contributed by atoms with Gasteiger partial charge in [-0.1, -0.05) is 30.3 Å². The number of nitrogens with two attached hydrogens (primary N) is 1. The van der Waals surface area contributed by atoms with Crippen molar-refractivity contribution in [3.8, 4) is 17.0 Å². The zero-order valence-corrected chi connectivity index (χ0v) is 18.6. The molecule has 0 fully saturated rings. The SMILES string of the molecule is COc1ccc(NS(=O)(=O)c2cc(-c3n[nH]c(=O)c4ccccc34)ccc2C)cc1C(N)=O. The number of aromatic nitrogens is 2. The first-order valence-electron chi connectivity index (χ1n) is 9.80. The minimum atomic E-state index is -4.04. The maximum absolute atomic E-state index is 13.2. The highest BCUT2D eigenvalue weighted by Gasteiger charge is 2.20. The number of fused-ring (bicyclic) bond motifs is 1. The molecule has 0 radical (unpaired) electrons. The Labute approximate surface area is 189 Å². The second-order valence-corrected chi connectivity index (χ2v) is 8.96. The number of ether oxygens (including phenoxy) is 1. The Morgan fingerprint density at radius 2 is 1.79 bits per heavy atom. The molecule has 4 N–H and O–H groups in total. The van der Waals surface area contributed by atoms with Gasteiger partial charge in [-0.05, 0) is 42.8 Å². The summed E-state index contributed by atoms with van der Waals surface area (Å²) in [7, 11) is -2.66. The molecule has 0 aliphatic rings. The highest BCUT2D eigenvalue weighted by atomic mass is 32.2. The van der Waals surface area contributed by atoms with Crippen LogP contribution in [-0.2, 0) is 10.0 Å². The number of methoxy groups -OCH3 is 1. The molecule has 168 valence electrons. The molecule has 0 bridgehead atoms. The van der Waals surface area contributed by atoms with Gasteiger partial charge < -0.3 is 10.5 Å². The number of primary amides is 1. The molecular weight excluding hydrogens is 444 g/mol. The summed E-state index contributed by atoms with van der Waals surface area (Å²) in [5.74, 6) is -0.512. The van der Waals surface area contributed by atoms with Gasteiger partial charge in [0.2, 0.25) is 0 Å². The summed E-state index contributed by atoms with van der Waals surface area (Å²) in [6, 6.07) is 16.1. The number of rotatable bonds is 6. The molecule has 0 unspecified atom stereocenters. The number of carbonyl (C=O) groups is 1. The third-order valence-electron chi connectivity index (χ3n) is 5.16. The van der Waals surface area contributed by atoms with Gasteiger partial charge in [-0.25, -0.2) is 13.5 Å². The van der Waals surface area contributed by atoms with Gasteiger partial charge in [0.25, 0.3) is 21.5 Å². The lowest BCUT2D eigenvalue weighted by molar-refractivity contribution is 0.0997. The molecule has 9 nitrogen and oxygen atoms in total. The van der Waals surface area contributed by atoms with Crippen molar-refractivity contribution in [1.82, 2.24) is 10.2 Å². The maximum atomic E-state index is 13.2.